The van der Waals surface area contributed by atoms with Gasteiger partial charge in [0.2, 0.25) is 15.9 Å². The van der Waals surface area contributed by atoms with Gasteiger partial charge in [-0.2, -0.15) is 0 Å². The van der Waals surface area contributed by atoms with Crippen molar-refractivity contribution < 1.29 is 27.8 Å². The van der Waals surface area contributed by atoms with Gasteiger partial charge in [-0.15, -0.1) is 12.4 Å². The van der Waals surface area contributed by atoms with E-state index in [9.17, 15) is 23.0 Å². The first kappa shape index (κ1) is 22.4. The minimum Gasteiger partial charge on any atom is -0.476 e. The zero-order valence-corrected chi connectivity index (χ0v) is 16.4. The molecule has 0 amide bonds. The summed E-state index contributed by atoms with van der Waals surface area (Å²) in [6.07, 6.45) is 2.70. The lowest BCUT2D eigenvalue weighted by atomic mass is 9.87. The maximum Gasteiger partial charge on any atom is 0.240 e. The lowest BCUT2D eigenvalue weighted by molar-refractivity contribution is 0.0438. The predicted molar refractivity (Wildman–Crippen MR) is 100 cm³/mol. The van der Waals surface area contributed by atoms with E-state index in [0.717, 1.165) is 12.1 Å². The third kappa shape index (κ3) is 5.36. The van der Waals surface area contributed by atoms with E-state index >= 15 is 0 Å². The molecule has 154 valence electrons. The molecule has 0 saturated heterocycles. The Bertz CT molecular complexity index is 860. The number of aromatic nitrogens is 2. The first-order chi connectivity index (χ1) is 12.8. The van der Waals surface area contributed by atoms with Gasteiger partial charge in [-0.1, -0.05) is 0 Å². The molecular formula is C17H21ClFN3O5S. The molecule has 1 fully saturated rings. The number of rotatable bonds is 7. The fraction of sp³-hybridized carbons (Fsp3) is 0.412. The maximum absolute atomic E-state index is 13.0. The highest BCUT2D eigenvalue weighted by molar-refractivity contribution is 7.89. The van der Waals surface area contributed by atoms with E-state index in [-0.39, 0.29) is 49.2 Å². The van der Waals surface area contributed by atoms with E-state index in [1.54, 1.807) is 0 Å². The summed E-state index contributed by atoms with van der Waals surface area (Å²) < 4.78 is 46.0. The number of aliphatic hydroxyl groups is 2. The van der Waals surface area contributed by atoms with E-state index in [0.29, 0.717) is 0 Å². The van der Waals surface area contributed by atoms with Gasteiger partial charge in [0.05, 0.1) is 29.9 Å². The van der Waals surface area contributed by atoms with Gasteiger partial charge in [0.25, 0.3) is 0 Å². The van der Waals surface area contributed by atoms with Crippen molar-refractivity contribution in [3.63, 3.8) is 0 Å². The smallest absolute Gasteiger partial charge is 0.240 e. The highest BCUT2D eigenvalue weighted by Crippen LogP contribution is 2.38. The van der Waals surface area contributed by atoms with Crippen molar-refractivity contribution >= 4 is 22.4 Å². The summed E-state index contributed by atoms with van der Waals surface area (Å²) in [4.78, 5) is 7.80. The fourth-order valence-corrected chi connectivity index (χ4v) is 4.25. The standard InChI is InChI=1S/C17H20FN3O5S.ClH/c18-12-1-3-13(4-2-12)27(24,25)21-10-17(7-14(22)15(23)8-17)11-26-16-9-19-5-6-20-16;/h1-6,9,14-15,21-23H,7-8,10-11H2;1H/t14-,15+,17?;. The molecule has 1 aromatic heterocycles. The second-order valence-electron chi connectivity index (χ2n) is 6.65. The monoisotopic (exact) mass is 433 g/mol. The van der Waals surface area contributed by atoms with E-state index in [2.05, 4.69) is 14.7 Å². The minimum absolute atomic E-state index is 0. The Balaban J connectivity index is 0.00000280. The van der Waals surface area contributed by atoms with Crippen molar-refractivity contribution in [2.75, 3.05) is 13.2 Å². The highest BCUT2D eigenvalue weighted by atomic mass is 35.5. The van der Waals surface area contributed by atoms with Crippen LogP contribution in [0.1, 0.15) is 12.8 Å². The van der Waals surface area contributed by atoms with Crippen LogP contribution in [0, 0.1) is 11.2 Å². The molecular weight excluding hydrogens is 413 g/mol. The second kappa shape index (κ2) is 9.10. The molecule has 1 aliphatic carbocycles. The van der Waals surface area contributed by atoms with Crippen molar-refractivity contribution in [2.24, 2.45) is 5.41 Å². The molecule has 0 bridgehead atoms. The van der Waals surface area contributed by atoms with E-state index in [1.807, 2.05) is 0 Å². The molecule has 3 N–H and O–H groups in total. The lowest BCUT2D eigenvalue weighted by Crippen LogP contribution is -2.40. The zero-order chi connectivity index (χ0) is 19.5. The zero-order valence-electron chi connectivity index (χ0n) is 14.7. The summed E-state index contributed by atoms with van der Waals surface area (Å²) in [5, 5.41) is 19.9. The number of sulfonamides is 1. The van der Waals surface area contributed by atoms with Gasteiger partial charge in [0.15, 0.2) is 0 Å². The Kier molecular flexibility index (Phi) is 7.29. The van der Waals surface area contributed by atoms with Gasteiger partial charge >= 0.3 is 0 Å². The largest absolute Gasteiger partial charge is 0.476 e. The molecule has 1 saturated carbocycles. The predicted octanol–water partition coefficient (Wildman–Crippen LogP) is 0.897. The molecule has 11 heteroatoms. The molecule has 2 aromatic rings. The number of halogens is 2. The Morgan fingerprint density at radius 1 is 1.18 bits per heavy atom. The molecule has 3 atom stereocenters. The number of benzene rings is 1. The summed E-state index contributed by atoms with van der Waals surface area (Å²) in [6.45, 7) is -0.0349. The molecule has 1 aliphatic rings. The van der Waals surface area contributed by atoms with Crippen LogP contribution in [0.25, 0.3) is 0 Å². The van der Waals surface area contributed by atoms with Crippen LogP contribution in [0.15, 0.2) is 47.8 Å². The van der Waals surface area contributed by atoms with Crippen LogP contribution in [-0.2, 0) is 10.0 Å². The van der Waals surface area contributed by atoms with Crippen LogP contribution in [-0.4, -0.2) is 54.0 Å². The number of hydrogen-bond donors (Lipinski definition) is 3. The Hall–Kier alpha value is -1.85. The third-order valence-electron chi connectivity index (χ3n) is 4.56. The van der Waals surface area contributed by atoms with Crippen molar-refractivity contribution in [1.82, 2.24) is 14.7 Å². The van der Waals surface area contributed by atoms with Crippen molar-refractivity contribution in [3.05, 3.63) is 48.7 Å². The lowest BCUT2D eigenvalue weighted by Gasteiger charge is -2.28. The first-order valence-corrected chi connectivity index (χ1v) is 9.78. The molecule has 28 heavy (non-hydrogen) atoms. The quantitative estimate of drug-likeness (QED) is 0.593. The van der Waals surface area contributed by atoms with Crippen molar-refractivity contribution in [2.45, 2.75) is 29.9 Å². The molecule has 0 radical (unpaired) electrons. The van der Waals surface area contributed by atoms with Crippen LogP contribution in [0.2, 0.25) is 0 Å². The van der Waals surface area contributed by atoms with Gasteiger partial charge in [-0.05, 0) is 37.1 Å². The summed E-state index contributed by atoms with van der Waals surface area (Å²) in [7, 11) is -3.88. The van der Waals surface area contributed by atoms with Crippen molar-refractivity contribution in [3.8, 4) is 5.88 Å². The summed E-state index contributed by atoms with van der Waals surface area (Å²) in [5.41, 5.74) is -0.830. The normalized spacial score (nSPS) is 24.5. The third-order valence-corrected chi connectivity index (χ3v) is 5.97. The number of nitrogens with one attached hydrogen (secondary N) is 1. The molecule has 1 aromatic carbocycles. The van der Waals surface area contributed by atoms with Crippen LogP contribution in [0.5, 0.6) is 5.88 Å². The molecule has 0 spiro atoms. The van der Waals surface area contributed by atoms with Gasteiger partial charge < -0.3 is 14.9 Å². The summed E-state index contributed by atoms with van der Waals surface area (Å²) in [6, 6.07) is 4.45. The molecule has 3 rings (SSSR count). The molecule has 1 unspecified atom stereocenters. The van der Waals surface area contributed by atoms with Gasteiger partial charge in [0.1, 0.15) is 5.82 Å². The topological polar surface area (TPSA) is 122 Å². The fourth-order valence-electron chi connectivity index (χ4n) is 3.09. The summed E-state index contributed by atoms with van der Waals surface area (Å²) >= 11 is 0. The average molecular weight is 434 g/mol. The number of aliphatic hydroxyl groups excluding tert-OH is 2. The van der Waals surface area contributed by atoms with Gasteiger partial charge in [-0.25, -0.2) is 22.5 Å². The minimum atomic E-state index is -3.88. The molecule has 8 nitrogen and oxygen atoms in total. The Morgan fingerprint density at radius 3 is 2.39 bits per heavy atom. The van der Waals surface area contributed by atoms with Crippen LogP contribution < -0.4 is 9.46 Å². The highest BCUT2D eigenvalue weighted by Gasteiger charge is 2.45. The molecule has 1 heterocycles. The van der Waals surface area contributed by atoms with Crippen LogP contribution >= 0.6 is 12.4 Å². The van der Waals surface area contributed by atoms with E-state index in [1.165, 1.54) is 30.7 Å². The number of ether oxygens (including phenoxy) is 1. The van der Waals surface area contributed by atoms with Crippen molar-refractivity contribution in [1.29, 1.82) is 0 Å². The summed E-state index contributed by atoms with van der Waals surface area (Å²) in [5.74, 6) is -0.279. The number of nitrogens with zero attached hydrogens (tertiary/aromatic N) is 2. The van der Waals surface area contributed by atoms with Crippen LogP contribution in [0.3, 0.4) is 0 Å². The van der Waals surface area contributed by atoms with E-state index in [4.69, 9.17) is 4.74 Å². The van der Waals surface area contributed by atoms with Gasteiger partial charge in [-0.3, -0.25) is 4.98 Å². The first-order valence-electron chi connectivity index (χ1n) is 8.30. The van der Waals surface area contributed by atoms with Gasteiger partial charge in [0, 0.05) is 24.4 Å². The van der Waals surface area contributed by atoms with Crippen LogP contribution in [0.4, 0.5) is 4.39 Å². The second-order valence-corrected chi connectivity index (χ2v) is 8.42. The average Bonchev–Trinajstić information content (AvgIpc) is 2.94. The Morgan fingerprint density at radius 2 is 1.82 bits per heavy atom. The maximum atomic E-state index is 13.0. The Labute approximate surface area is 168 Å². The SMILES string of the molecule is Cl.O=S(=O)(NCC1(COc2cnccn2)C[C@@H](O)[C@@H](O)C1)c1ccc(F)cc1. The molecule has 0 aliphatic heterocycles. The van der Waals surface area contributed by atoms with E-state index < -0.39 is 33.5 Å². The number of hydrogen-bond acceptors (Lipinski definition) is 7.